The van der Waals surface area contributed by atoms with Gasteiger partial charge in [-0.05, 0) is 50.6 Å². The summed E-state index contributed by atoms with van der Waals surface area (Å²) >= 11 is 6.01. The molecule has 1 saturated heterocycles. The maximum absolute atomic E-state index is 13.2. The number of piperazine rings is 1. The van der Waals surface area contributed by atoms with Gasteiger partial charge in [0.1, 0.15) is 5.82 Å². The Morgan fingerprint density at radius 3 is 2.38 bits per heavy atom. The van der Waals surface area contributed by atoms with Crippen LogP contribution in [0.25, 0.3) is 0 Å². The molecular formula is C22H25ClFN3O2. The minimum atomic E-state index is -0.472. The summed E-state index contributed by atoms with van der Waals surface area (Å²) in [6.45, 7) is 7.96. The summed E-state index contributed by atoms with van der Waals surface area (Å²) in [5, 5.41) is 3.10. The lowest BCUT2D eigenvalue weighted by Gasteiger charge is -2.37. The van der Waals surface area contributed by atoms with E-state index in [0.717, 1.165) is 22.9 Å². The first-order valence-electron chi connectivity index (χ1n) is 9.63. The van der Waals surface area contributed by atoms with Gasteiger partial charge in [-0.2, -0.15) is 0 Å². The van der Waals surface area contributed by atoms with Crippen molar-refractivity contribution in [2.24, 2.45) is 0 Å². The normalized spacial score (nSPS) is 15.8. The van der Waals surface area contributed by atoms with Crippen molar-refractivity contribution < 1.29 is 14.0 Å². The zero-order chi connectivity index (χ0) is 21.1. The Bertz CT molecular complexity index is 926. The molecule has 1 fully saturated rings. The van der Waals surface area contributed by atoms with Crippen molar-refractivity contribution >= 4 is 29.1 Å². The smallest absolute Gasteiger partial charge is 0.255 e. The molecule has 5 nitrogen and oxygen atoms in total. The fraction of sp³-hybridized carbons (Fsp3) is 0.364. The van der Waals surface area contributed by atoms with E-state index in [1.165, 1.54) is 12.1 Å². The molecule has 2 aromatic rings. The third-order valence-electron chi connectivity index (χ3n) is 5.33. The van der Waals surface area contributed by atoms with Gasteiger partial charge in [0.15, 0.2) is 0 Å². The van der Waals surface area contributed by atoms with Gasteiger partial charge in [0.05, 0.1) is 16.6 Å². The topological polar surface area (TPSA) is 52.7 Å². The molecule has 0 aromatic heterocycles. The van der Waals surface area contributed by atoms with Gasteiger partial charge >= 0.3 is 0 Å². The van der Waals surface area contributed by atoms with Gasteiger partial charge in [0.25, 0.3) is 5.91 Å². The first-order valence-corrected chi connectivity index (χ1v) is 10.0. The molecule has 1 unspecified atom stereocenters. The number of carbonyl (C=O) groups is 2. The van der Waals surface area contributed by atoms with E-state index in [0.29, 0.717) is 31.7 Å². The predicted molar refractivity (Wildman–Crippen MR) is 113 cm³/mol. The van der Waals surface area contributed by atoms with E-state index in [4.69, 9.17) is 11.6 Å². The van der Waals surface area contributed by atoms with Crippen molar-refractivity contribution in [1.29, 1.82) is 0 Å². The average molecular weight is 418 g/mol. The molecule has 1 atom stereocenters. The Hall–Kier alpha value is -2.44. The zero-order valence-electron chi connectivity index (χ0n) is 16.8. The summed E-state index contributed by atoms with van der Waals surface area (Å²) in [7, 11) is 0. The lowest BCUT2D eigenvalue weighted by molar-refractivity contribution is -0.121. The summed E-state index contributed by atoms with van der Waals surface area (Å²) in [6, 6.07) is 9.38. The van der Waals surface area contributed by atoms with Crippen LogP contribution >= 0.6 is 11.6 Å². The third-order valence-corrected chi connectivity index (χ3v) is 5.64. The highest BCUT2D eigenvalue weighted by Gasteiger charge is 2.28. The van der Waals surface area contributed by atoms with Crippen LogP contribution in [0.2, 0.25) is 5.02 Å². The Morgan fingerprint density at radius 2 is 1.76 bits per heavy atom. The number of hydrogen-bond acceptors (Lipinski definition) is 3. The largest absolute Gasteiger partial charge is 0.336 e. The first kappa shape index (κ1) is 21.3. The molecule has 1 aliphatic heterocycles. The number of rotatable bonds is 4. The van der Waals surface area contributed by atoms with Crippen LogP contribution in [0.5, 0.6) is 0 Å². The van der Waals surface area contributed by atoms with Gasteiger partial charge in [0.2, 0.25) is 5.91 Å². The minimum absolute atomic E-state index is 0.0710. The molecule has 0 spiro atoms. The summed E-state index contributed by atoms with van der Waals surface area (Å²) in [5.74, 6) is -0.764. The van der Waals surface area contributed by atoms with Crippen LogP contribution < -0.4 is 5.32 Å². The lowest BCUT2D eigenvalue weighted by atomic mass is 10.1. The number of amides is 2. The second-order valence-electron chi connectivity index (χ2n) is 7.44. The quantitative estimate of drug-likeness (QED) is 0.821. The van der Waals surface area contributed by atoms with Crippen molar-refractivity contribution in [3.63, 3.8) is 0 Å². The number of carbonyl (C=O) groups excluding carboxylic acids is 2. The fourth-order valence-corrected chi connectivity index (χ4v) is 3.75. The first-order chi connectivity index (χ1) is 13.8. The molecule has 1 aliphatic rings. The number of benzene rings is 2. The lowest BCUT2D eigenvalue weighted by Crippen LogP contribution is -2.54. The van der Waals surface area contributed by atoms with Crippen LogP contribution in [0.3, 0.4) is 0 Å². The van der Waals surface area contributed by atoms with Gasteiger partial charge in [-0.25, -0.2) is 4.39 Å². The highest BCUT2D eigenvalue weighted by Crippen LogP contribution is 2.21. The van der Waals surface area contributed by atoms with Crippen molar-refractivity contribution in [3.8, 4) is 0 Å². The highest BCUT2D eigenvalue weighted by atomic mass is 35.5. The number of halogens is 2. The number of hydrogen-bond donors (Lipinski definition) is 1. The van der Waals surface area contributed by atoms with Crippen molar-refractivity contribution in [1.82, 2.24) is 9.80 Å². The molecule has 2 aromatic carbocycles. The Kier molecular flexibility index (Phi) is 6.55. The fourth-order valence-electron chi connectivity index (χ4n) is 3.50. The molecule has 0 bridgehead atoms. The molecular weight excluding hydrogens is 393 g/mol. The number of nitrogens with one attached hydrogen (secondary N) is 1. The van der Waals surface area contributed by atoms with Gasteiger partial charge in [0, 0.05) is 31.9 Å². The Morgan fingerprint density at radius 1 is 1.07 bits per heavy atom. The number of aryl methyl sites for hydroxylation is 2. The van der Waals surface area contributed by atoms with E-state index in [1.54, 1.807) is 4.90 Å². The monoisotopic (exact) mass is 417 g/mol. The second-order valence-corrected chi connectivity index (χ2v) is 7.84. The minimum Gasteiger partial charge on any atom is -0.336 e. The third kappa shape index (κ3) is 4.95. The van der Waals surface area contributed by atoms with E-state index >= 15 is 0 Å². The van der Waals surface area contributed by atoms with Gasteiger partial charge in [-0.3, -0.25) is 14.5 Å². The van der Waals surface area contributed by atoms with Crippen LogP contribution in [-0.2, 0) is 4.79 Å². The van der Waals surface area contributed by atoms with E-state index in [1.807, 2.05) is 39.0 Å². The molecule has 7 heteroatoms. The highest BCUT2D eigenvalue weighted by molar-refractivity contribution is 6.33. The summed E-state index contributed by atoms with van der Waals surface area (Å²) < 4.78 is 13.2. The van der Waals surface area contributed by atoms with E-state index in [2.05, 4.69) is 10.2 Å². The number of anilines is 1. The summed E-state index contributed by atoms with van der Waals surface area (Å²) in [4.78, 5) is 29.1. The summed E-state index contributed by atoms with van der Waals surface area (Å²) in [6.07, 6.45) is 0. The Balaban J connectivity index is 1.58. The van der Waals surface area contributed by atoms with Gasteiger partial charge in [-0.15, -0.1) is 0 Å². The predicted octanol–water partition coefficient (Wildman–Crippen LogP) is 3.88. The molecule has 29 heavy (non-hydrogen) atoms. The van der Waals surface area contributed by atoms with Crippen LogP contribution in [0.4, 0.5) is 10.1 Å². The standard InChI is InChI=1S/C22H25ClFN3O2/c1-14-4-7-20(15(2)12-14)25-21(28)16(3)26-8-10-27(11-9-26)22(29)18-6-5-17(24)13-19(18)23/h4-7,12-13,16H,8-11H2,1-3H3,(H,25,28). The molecule has 1 N–H and O–H groups in total. The van der Waals surface area contributed by atoms with E-state index in [-0.39, 0.29) is 22.9 Å². The van der Waals surface area contributed by atoms with Crippen molar-refractivity contribution in [3.05, 3.63) is 63.9 Å². The average Bonchev–Trinajstić information content (AvgIpc) is 2.69. The molecule has 154 valence electrons. The van der Waals surface area contributed by atoms with Gasteiger partial charge < -0.3 is 10.2 Å². The van der Waals surface area contributed by atoms with Crippen molar-refractivity contribution in [2.75, 3.05) is 31.5 Å². The SMILES string of the molecule is Cc1ccc(NC(=O)C(C)N2CCN(C(=O)c3ccc(F)cc3Cl)CC2)c(C)c1. The summed E-state index contributed by atoms with van der Waals surface area (Å²) in [5.41, 5.74) is 3.28. The second kappa shape index (κ2) is 8.93. The molecule has 0 saturated carbocycles. The van der Waals surface area contributed by atoms with Crippen molar-refractivity contribution in [2.45, 2.75) is 26.8 Å². The molecule has 0 radical (unpaired) electrons. The number of nitrogens with zero attached hydrogens (tertiary/aromatic N) is 2. The zero-order valence-corrected chi connectivity index (χ0v) is 17.6. The van der Waals surface area contributed by atoms with E-state index < -0.39 is 5.82 Å². The van der Waals surface area contributed by atoms with Crippen LogP contribution in [0.1, 0.15) is 28.4 Å². The Labute approximate surface area is 175 Å². The van der Waals surface area contributed by atoms with Crippen LogP contribution in [-0.4, -0.2) is 53.8 Å². The van der Waals surface area contributed by atoms with E-state index in [9.17, 15) is 14.0 Å². The molecule has 1 heterocycles. The van der Waals surface area contributed by atoms with Crippen LogP contribution in [0, 0.1) is 19.7 Å². The molecule has 0 aliphatic carbocycles. The molecule has 3 rings (SSSR count). The van der Waals surface area contributed by atoms with Crippen LogP contribution in [0.15, 0.2) is 36.4 Å². The molecule has 2 amide bonds. The maximum atomic E-state index is 13.2. The maximum Gasteiger partial charge on any atom is 0.255 e. The van der Waals surface area contributed by atoms with Gasteiger partial charge in [-0.1, -0.05) is 29.3 Å².